The quantitative estimate of drug-likeness (QED) is 0.710. The van der Waals surface area contributed by atoms with Gasteiger partial charge in [-0.3, -0.25) is 4.79 Å². The van der Waals surface area contributed by atoms with Crippen molar-refractivity contribution in [1.29, 1.82) is 0 Å². The van der Waals surface area contributed by atoms with Crippen LogP contribution in [0.25, 0.3) is 0 Å². The van der Waals surface area contributed by atoms with E-state index in [9.17, 15) is 4.79 Å². The van der Waals surface area contributed by atoms with Crippen molar-refractivity contribution in [3.63, 3.8) is 0 Å². The minimum Gasteiger partial charge on any atom is -0.495 e. The van der Waals surface area contributed by atoms with Crippen molar-refractivity contribution in [2.24, 2.45) is 5.92 Å². The number of hydrogen-bond donors (Lipinski definition) is 2. The molecule has 1 aromatic heterocycles. The molecular weight excluding hydrogens is 354 g/mol. The molecule has 0 saturated heterocycles. The van der Waals surface area contributed by atoms with Crippen LogP contribution in [0.5, 0.6) is 11.5 Å². The lowest BCUT2D eigenvalue weighted by Crippen LogP contribution is -2.14. The first-order valence-electron chi connectivity index (χ1n) is 8.37. The van der Waals surface area contributed by atoms with Gasteiger partial charge in [-0.25, -0.2) is 4.98 Å². The summed E-state index contributed by atoms with van der Waals surface area (Å²) in [6.07, 6.45) is 2.72. The van der Waals surface area contributed by atoms with E-state index in [1.807, 2.05) is 6.07 Å². The Morgan fingerprint density at radius 3 is 2.50 bits per heavy atom. The lowest BCUT2D eigenvalue weighted by Gasteiger charge is -2.13. The number of methoxy groups -OCH3 is 2. The van der Waals surface area contributed by atoms with Crippen LogP contribution in [-0.4, -0.2) is 31.7 Å². The van der Waals surface area contributed by atoms with Crippen LogP contribution in [0.15, 0.2) is 30.5 Å². The fourth-order valence-electron chi connectivity index (χ4n) is 2.28. The van der Waals surface area contributed by atoms with E-state index in [4.69, 9.17) is 21.1 Å². The molecular formula is C19H24ClN3O3. The Balaban J connectivity index is 2.08. The second-order valence-electron chi connectivity index (χ2n) is 6.18. The number of halogens is 1. The third kappa shape index (κ3) is 5.26. The standard InChI is InChI=1S/C19H24ClN3O3/c1-12(2)7-8-21-13-5-6-15(22-11-13)19(24)23-16-10-17(25-3)14(20)9-18(16)26-4/h5-6,9-12,21H,7-8H2,1-4H3,(H,23,24). The zero-order valence-corrected chi connectivity index (χ0v) is 16.2. The molecule has 1 aromatic carbocycles. The molecule has 0 bridgehead atoms. The highest BCUT2D eigenvalue weighted by Gasteiger charge is 2.14. The van der Waals surface area contributed by atoms with Crippen LogP contribution >= 0.6 is 11.6 Å². The van der Waals surface area contributed by atoms with Crippen molar-refractivity contribution in [3.8, 4) is 11.5 Å². The van der Waals surface area contributed by atoms with Gasteiger partial charge in [0.1, 0.15) is 17.2 Å². The normalized spacial score (nSPS) is 10.5. The van der Waals surface area contributed by atoms with Gasteiger partial charge in [-0.2, -0.15) is 0 Å². The van der Waals surface area contributed by atoms with Crippen LogP contribution in [0, 0.1) is 5.92 Å². The first-order chi connectivity index (χ1) is 12.4. The van der Waals surface area contributed by atoms with Crippen LogP contribution in [0.3, 0.4) is 0 Å². The first kappa shape index (κ1) is 19.8. The van der Waals surface area contributed by atoms with Gasteiger partial charge in [-0.05, 0) is 24.5 Å². The molecule has 0 unspecified atom stereocenters. The van der Waals surface area contributed by atoms with E-state index >= 15 is 0 Å². The van der Waals surface area contributed by atoms with E-state index < -0.39 is 0 Å². The maximum Gasteiger partial charge on any atom is 0.274 e. The molecule has 2 aromatic rings. The van der Waals surface area contributed by atoms with Gasteiger partial charge < -0.3 is 20.1 Å². The fraction of sp³-hybridized carbons (Fsp3) is 0.368. The van der Waals surface area contributed by atoms with Gasteiger partial charge in [-0.15, -0.1) is 0 Å². The second-order valence-corrected chi connectivity index (χ2v) is 6.59. The Bertz CT molecular complexity index is 748. The van der Waals surface area contributed by atoms with E-state index in [0.717, 1.165) is 18.7 Å². The molecule has 1 amide bonds. The Kier molecular flexibility index (Phi) is 7.09. The topological polar surface area (TPSA) is 72.5 Å². The summed E-state index contributed by atoms with van der Waals surface area (Å²) in [6, 6.07) is 6.71. The number of hydrogen-bond acceptors (Lipinski definition) is 5. The molecule has 0 aliphatic carbocycles. The summed E-state index contributed by atoms with van der Waals surface area (Å²) in [5, 5.41) is 6.46. The van der Waals surface area contributed by atoms with Crippen LogP contribution in [0.1, 0.15) is 30.8 Å². The Morgan fingerprint density at radius 1 is 1.19 bits per heavy atom. The molecule has 2 rings (SSSR count). The molecule has 0 radical (unpaired) electrons. The highest BCUT2D eigenvalue weighted by Crippen LogP contribution is 2.36. The maximum absolute atomic E-state index is 12.5. The molecule has 2 N–H and O–H groups in total. The molecule has 0 atom stereocenters. The number of pyridine rings is 1. The fourth-order valence-corrected chi connectivity index (χ4v) is 2.51. The van der Waals surface area contributed by atoms with Gasteiger partial charge in [-0.1, -0.05) is 25.4 Å². The Morgan fingerprint density at radius 2 is 1.92 bits per heavy atom. The van der Waals surface area contributed by atoms with Crippen molar-refractivity contribution < 1.29 is 14.3 Å². The number of anilines is 2. The molecule has 6 nitrogen and oxygen atoms in total. The molecule has 0 spiro atoms. The van der Waals surface area contributed by atoms with Crippen LogP contribution in [0.2, 0.25) is 5.02 Å². The minimum atomic E-state index is -0.346. The molecule has 0 aliphatic heterocycles. The summed E-state index contributed by atoms with van der Waals surface area (Å²) in [4.78, 5) is 16.7. The van der Waals surface area contributed by atoms with Crippen molar-refractivity contribution in [1.82, 2.24) is 4.98 Å². The van der Waals surface area contributed by atoms with Gasteiger partial charge in [0, 0.05) is 18.7 Å². The number of amides is 1. The number of ether oxygens (including phenoxy) is 2. The summed E-state index contributed by atoms with van der Waals surface area (Å²) in [6.45, 7) is 5.22. The number of aromatic nitrogens is 1. The highest BCUT2D eigenvalue weighted by atomic mass is 35.5. The number of rotatable bonds is 8. The molecule has 0 saturated carbocycles. The van der Waals surface area contributed by atoms with Crippen LogP contribution in [-0.2, 0) is 0 Å². The van der Waals surface area contributed by atoms with Crippen LogP contribution < -0.4 is 20.1 Å². The second kappa shape index (κ2) is 9.29. The summed E-state index contributed by atoms with van der Waals surface area (Å²) >= 11 is 6.08. The zero-order chi connectivity index (χ0) is 19.1. The summed E-state index contributed by atoms with van der Waals surface area (Å²) in [7, 11) is 3.01. The SMILES string of the molecule is COc1cc(NC(=O)c2ccc(NCCC(C)C)cn2)c(OC)cc1Cl. The summed E-state index contributed by atoms with van der Waals surface area (Å²) < 4.78 is 10.4. The Labute approximate surface area is 158 Å². The van der Waals surface area contributed by atoms with Gasteiger partial charge in [0.25, 0.3) is 5.91 Å². The lowest BCUT2D eigenvalue weighted by atomic mass is 10.1. The Hall–Kier alpha value is -2.47. The van der Waals surface area contributed by atoms with Gasteiger partial charge >= 0.3 is 0 Å². The predicted octanol–water partition coefficient (Wildman–Crippen LogP) is 4.46. The average molecular weight is 378 g/mol. The average Bonchev–Trinajstić information content (AvgIpc) is 2.63. The van der Waals surface area contributed by atoms with E-state index in [2.05, 4.69) is 29.5 Å². The number of nitrogens with one attached hydrogen (secondary N) is 2. The minimum absolute atomic E-state index is 0.301. The van der Waals surface area contributed by atoms with Crippen molar-refractivity contribution in [2.45, 2.75) is 20.3 Å². The van der Waals surface area contributed by atoms with Crippen molar-refractivity contribution in [2.75, 3.05) is 31.4 Å². The van der Waals surface area contributed by atoms with Crippen molar-refractivity contribution >= 4 is 28.9 Å². The summed E-state index contributed by atoms with van der Waals surface area (Å²) in [5.41, 5.74) is 1.64. The molecule has 140 valence electrons. The van der Waals surface area contributed by atoms with Gasteiger partial charge in [0.15, 0.2) is 0 Å². The van der Waals surface area contributed by atoms with E-state index in [-0.39, 0.29) is 5.91 Å². The number of nitrogens with zero attached hydrogens (tertiary/aromatic N) is 1. The smallest absolute Gasteiger partial charge is 0.274 e. The zero-order valence-electron chi connectivity index (χ0n) is 15.4. The maximum atomic E-state index is 12.5. The largest absolute Gasteiger partial charge is 0.495 e. The molecule has 26 heavy (non-hydrogen) atoms. The number of carbonyl (C=O) groups is 1. The third-order valence-corrected chi connectivity index (χ3v) is 4.06. The van der Waals surface area contributed by atoms with E-state index in [0.29, 0.717) is 33.8 Å². The molecule has 0 fully saturated rings. The van der Waals surface area contributed by atoms with Gasteiger partial charge in [0.05, 0.1) is 36.8 Å². The van der Waals surface area contributed by atoms with Crippen LogP contribution in [0.4, 0.5) is 11.4 Å². The number of carbonyl (C=O) groups excluding carboxylic acids is 1. The van der Waals surface area contributed by atoms with E-state index in [1.54, 1.807) is 24.4 Å². The lowest BCUT2D eigenvalue weighted by molar-refractivity contribution is 0.102. The molecule has 0 aliphatic rings. The van der Waals surface area contributed by atoms with Crippen molar-refractivity contribution in [3.05, 3.63) is 41.2 Å². The van der Waals surface area contributed by atoms with Gasteiger partial charge in [0.2, 0.25) is 0 Å². The number of benzene rings is 1. The third-order valence-electron chi connectivity index (χ3n) is 3.77. The monoisotopic (exact) mass is 377 g/mol. The summed E-state index contributed by atoms with van der Waals surface area (Å²) in [5.74, 6) is 1.17. The van der Waals surface area contributed by atoms with E-state index in [1.165, 1.54) is 14.2 Å². The molecule has 1 heterocycles. The predicted molar refractivity (Wildman–Crippen MR) is 105 cm³/mol. The molecule has 7 heteroatoms. The highest BCUT2D eigenvalue weighted by molar-refractivity contribution is 6.32. The first-order valence-corrected chi connectivity index (χ1v) is 8.75.